The second-order valence-electron chi connectivity index (χ2n) is 4.99. The van der Waals surface area contributed by atoms with Crippen molar-refractivity contribution in [3.05, 3.63) is 16.4 Å². The Hall–Kier alpha value is -1.07. The molecular weight excluding hydrogens is 288 g/mol. The van der Waals surface area contributed by atoms with Crippen LogP contribution in [0.5, 0.6) is 0 Å². The maximum absolute atomic E-state index is 12.2. The van der Waals surface area contributed by atoms with Crippen LogP contribution in [0.25, 0.3) is 0 Å². The first kappa shape index (κ1) is 18.0. The van der Waals surface area contributed by atoms with Gasteiger partial charge in [-0.15, -0.1) is 0 Å². The van der Waals surface area contributed by atoms with Crippen molar-refractivity contribution in [3.63, 3.8) is 0 Å². The van der Waals surface area contributed by atoms with Gasteiger partial charge >= 0.3 is 0 Å². The smallest absolute Gasteiger partial charge is 0.239 e. The highest BCUT2D eigenvalue weighted by molar-refractivity contribution is 6.31. The summed E-state index contributed by atoms with van der Waals surface area (Å²) in [4.78, 5) is 14.1. The number of amides is 1. The zero-order valence-corrected chi connectivity index (χ0v) is 14.5. The summed E-state index contributed by atoms with van der Waals surface area (Å²) in [5, 5.41) is 8.47. The summed E-state index contributed by atoms with van der Waals surface area (Å²) >= 11 is 6.37. The van der Waals surface area contributed by atoms with Gasteiger partial charge in [0.1, 0.15) is 0 Å². The van der Waals surface area contributed by atoms with Gasteiger partial charge in [0.2, 0.25) is 5.91 Å². The van der Waals surface area contributed by atoms with Gasteiger partial charge in [0.15, 0.2) is 0 Å². The Kier molecular flexibility index (Phi) is 7.18. The fraction of sp³-hybridized carbons (Fsp3) is 0.733. The third kappa shape index (κ3) is 4.20. The molecule has 0 aliphatic carbocycles. The fourth-order valence-corrected chi connectivity index (χ4v) is 2.67. The van der Waals surface area contributed by atoms with Crippen LogP contribution >= 0.6 is 11.6 Å². The number of hydrogen-bond donors (Lipinski definition) is 1. The van der Waals surface area contributed by atoms with Crippen molar-refractivity contribution >= 4 is 17.5 Å². The SMILES string of the molecule is CCc1nn(CC)c(CNC(C)C(=O)N(CC)CC)c1Cl. The summed E-state index contributed by atoms with van der Waals surface area (Å²) < 4.78 is 1.91. The van der Waals surface area contributed by atoms with Gasteiger partial charge in [-0.2, -0.15) is 5.10 Å². The zero-order valence-electron chi connectivity index (χ0n) is 13.7. The van der Waals surface area contributed by atoms with Gasteiger partial charge in [-0.25, -0.2) is 0 Å². The van der Waals surface area contributed by atoms with Gasteiger partial charge in [-0.3, -0.25) is 9.48 Å². The van der Waals surface area contributed by atoms with E-state index in [1.807, 2.05) is 44.2 Å². The molecule has 0 aliphatic heterocycles. The summed E-state index contributed by atoms with van der Waals surface area (Å²) in [6.45, 7) is 12.7. The summed E-state index contributed by atoms with van der Waals surface area (Å²) in [5.74, 6) is 0.120. The van der Waals surface area contributed by atoms with Gasteiger partial charge in [-0.05, 0) is 34.1 Å². The second kappa shape index (κ2) is 8.39. The first-order valence-electron chi connectivity index (χ1n) is 7.76. The fourth-order valence-electron chi connectivity index (χ4n) is 2.33. The molecule has 0 saturated heterocycles. The van der Waals surface area contributed by atoms with Gasteiger partial charge in [0, 0.05) is 26.2 Å². The number of halogens is 1. The predicted molar refractivity (Wildman–Crippen MR) is 86.5 cm³/mol. The molecular formula is C15H27ClN4O. The lowest BCUT2D eigenvalue weighted by atomic mass is 10.2. The molecule has 0 spiro atoms. The number of aromatic nitrogens is 2. The molecule has 120 valence electrons. The molecule has 1 N–H and O–H groups in total. The normalized spacial score (nSPS) is 12.5. The Bertz CT molecular complexity index is 468. The maximum atomic E-state index is 12.2. The minimum absolute atomic E-state index is 0.120. The number of nitrogens with zero attached hydrogens (tertiary/aromatic N) is 3. The summed E-state index contributed by atoms with van der Waals surface area (Å²) in [6, 6.07) is -0.230. The van der Waals surface area contributed by atoms with E-state index in [9.17, 15) is 4.79 Å². The highest BCUT2D eigenvalue weighted by Crippen LogP contribution is 2.21. The van der Waals surface area contributed by atoms with E-state index in [4.69, 9.17) is 11.6 Å². The van der Waals surface area contributed by atoms with Crippen molar-refractivity contribution in [3.8, 4) is 0 Å². The topological polar surface area (TPSA) is 50.2 Å². The largest absolute Gasteiger partial charge is 0.342 e. The monoisotopic (exact) mass is 314 g/mol. The number of carbonyl (C=O) groups is 1. The molecule has 0 fully saturated rings. The zero-order chi connectivity index (χ0) is 16.0. The van der Waals surface area contributed by atoms with E-state index in [0.717, 1.165) is 37.4 Å². The minimum Gasteiger partial charge on any atom is -0.342 e. The predicted octanol–water partition coefficient (Wildman–Crippen LogP) is 2.47. The van der Waals surface area contributed by atoms with Crippen LogP contribution in [-0.2, 0) is 24.3 Å². The summed E-state index contributed by atoms with van der Waals surface area (Å²) in [7, 11) is 0. The van der Waals surface area contributed by atoms with E-state index >= 15 is 0 Å². The molecule has 0 saturated carbocycles. The van der Waals surface area contributed by atoms with Crippen molar-refractivity contribution in [1.29, 1.82) is 0 Å². The Morgan fingerprint density at radius 3 is 2.43 bits per heavy atom. The van der Waals surface area contributed by atoms with E-state index in [1.54, 1.807) is 0 Å². The third-order valence-electron chi connectivity index (χ3n) is 3.72. The van der Waals surface area contributed by atoms with E-state index in [1.165, 1.54) is 0 Å². The second-order valence-corrected chi connectivity index (χ2v) is 5.37. The Labute approximate surface area is 132 Å². The minimum atomic E-state index is -0.230. The van der Waals surface area contributed by atoms with Crippen LogP contribution < -0.4 is 5.32 Å². The quantitative estimate of drug-likeness (QED) is 0.802. The van der Waals surface area contributed by atoms with Gasteiger partial charge in [0.05, 0.1) is 22.5 Å². The van der Waals surface area contributed by atoms with E-state index in [2.05, 4.69) is 10.4 Å². The molecule has 1 aromatic heterocycles. The highest BCUT2D eigenvalue weighted by atomic mass is 35.5. The van der Waals surface area contributed by atoms with Crippen molar-refractivity contribution in [2.45, 2.75) is 60.2 Å². The average Bonchev–Trinajstić information content (AvgIpc) is 2.81. The van der Waals surface area contributed by atoms with Crippen molar-refractivity contribution < 1.29 is 4.79 Å². The van der Waals surface area contributed by atoms with Gasteiger partial charge in [-0.1, -0.05) is 18.5 Å². The van der Waals surface area contributed by atoms with Crippen LogP contribution in [-0.4, -0.2) is 39.7 Å². The summed E-state index contributed by atoms with van der Waals surface area (Å²) in [5.41, 5.74) is 1.87. The maximum Gasteiger partial charge on any atom is 0.239 e. The Morgan fingerprint density at radius 1 is 1.33 bits per heavy atom. The molecule has 1 heterocycles. The molecule has 6 heteroatoms. The van der Waals surface area contributed by atoms with E-state index in [-0.39, 0.29) is 11.9 Å². The van der Waals surface area contributed by atoms with Crippen LogP contribution in [0.15, 0.2) is 0 Å². The van der Waals surface area contributed by atoms with Crippen LogP contribution in [0.1, 0.15) is 46.0 Å². The number of hydrogen-bond acceptors (Lipinski definition) is 3. The Balaban J connectivity index is 2.75. The number of nitrogens with one attached hydrogen (secondary N) is 1. The molecule has 0 aliphatic rings. The highest BCUT2D eigenvalue weighted by Gasteiger charge is 2.20. The van der Waals surface area contributed by atoms with Gasteiger partial charge < -0.3 is 10.2 Å². The number of likely N-dealkylation sites (N-methyl/N-ethyl adjacent to an activating group) is 1. The van der Waals surface area contributed by atoms with Crippen LogP contribution in [0, 0.1) is 0 Å². The van der Waals surface area contributed by atoms with Crippen LogP contribution in [0.2, 0.25) is 5.02 Å². The number of carbonyl (C=O) groups excluding carboxylic acids is 1. The standard InChI is InChI=1S/C15H27ClN4O/c1-6-12-14(16)13(20(9-4)18-12)10-17-11(5)15(21)19(7-2)8-3/h11,17H,6-10H2,1-5H3. The first-order valence-corrected chi connectivity index (χ1v) is 8.13. The molecule has 0 aromatic carbocycles. The number of rotatable bonds is 8. The van der Waals surface area contributed by atoms with Crippen molar-refractivity contribution in [2.75, 3.05) is 13.1 Å². The van der Waals surface area contributed by atoms with Gasteiger partial charge in [0.25, 0.3) is 0 Å². The Morgan fingerprint density at radius 2 is 1.95 bits per heavy atom. The molecule has 21 heavy (non-hydrogen) atoms. The molecule has 1 amide bonds. The van der Waals surface area contributed by atoms with E-state index in [0.29, 0.717) is 11.6 Å². The molecule has 1 aromatic rings. The third-order valence-corrected chi connectivity index (χ3v) is 4.15. The summed E-state index contributed by atoms with van der Waals surface area (Å²) in [6.07, 6.45) is 0.812. The lowest BCUT2D eigenvalue weighted by Crippen LogP contribution is -2.44. The molecule has 1 unspecified atom stereocenters. The van der Waals surface area contributed by atoms with Crippen LogP contribution in [0.4, 0.5) is 0 Å². The molecule has 0 radical (unpaired) electrons. The molecule has 5 nitrogen and oxygen atoms in total. The molecule has 0 bridgehead atoms. The molecule has 1 atom stereocenters. The first-order chi connectivity index (χ1) is 9.99. The molecule has 1 rings (SSSR count). The average molecular weight is 315 g/mol. The van der Waals surface area contributed by atoms with Crippen LogP contribution in [0.3, 0.4) is 0 Å². The van der Waals surface area contributed by atoms with Crippen molar-refractivity contribution in [1.82, 2.24) is 20.0 Å². The van der Waals surface area contributed by atoms with E-state index < -0.39 is 0 Å². The lowest BCUT2D eigenvalue weighted by Gasteiger charge is -2.23. The number of aryl methyl sites for hydroxylation is 2. The lowest BCUT2D eigenvalue weighted by molar-refractivity contribution is -0.132. The van der Waals surface area contributed by atoms with Crippen molar-refractivity contribution in [2.24, 2.45) is 0 Å².